The average Bonchev–Trinajstić information content (AvgIpc) is 2.65. The topological polar surface area (TPSA) is 32.3 Å². The first-order valence-electron chi connectivity index (χ1n) is 5.82. The van der Waals surface area contributed by atoms with Crippen LogP contribution in [0, 0.1) is 0 Å². The van der Waals surface area contributed by atoms with Gasteiger partial charge in [-0.3, -0.25) is 0 Å². The third-order valence-corrected chi connectivity index (χ3v) is 4.24. The Labute approximate surface area is 91.9 Å². The van der Waals surface area contributed by atoms with E-state index in [0.717, 1.165) is 11.0 Å². The summed E-state index contributed by atoms with van der Waals surface area (Å²) in [6.45, 7) is 5.55. The second-order valence-corrected chi connectivity index (χ2v) is 5.34. The first kappa shape index (κ1) is 12.3. The molecule has 1 saturated carbocycles. The van der Waals surface area contributed by atoms with Gasteiger partial charge in [0.1, 0.15) is 0 Å². The predicted molar refractivity (Wildman–Crippen MR) is 63.9 cm³/mol. The molecule has 1 aliphatic carbocycles. The molecular formula is C11H23NOS. The highest BCUT2D eigenvalue weighted by atomic mass is 32.2. The van der Waals surface area contributed by atoms with Crippen molar-refractivity contribution in [2.45, 2.75) is 50.3 Å². The molecule has 0 radical (unpaired) electrons. The van der Waals surface area contributed by atoms with Gasteiger partial charge in [0.05, 0.1) is 6.61 Å². The lowest BCUT2D eigenvalue weighted by atomic mass is 9.75. The summed E-state index contributed by atoms with van der Waals surface area (Å²) >= 11 is 1.93. The molecule has 0 atom stereocenters. The molecule has 0 bridgehead atoms. The van der Waals surface area contributed by atoms with Crippen molar-refractivity contribution in [2.75, 3.05) is 18.9 Å². The van der Waals surface area contributed by atoms with Gasteiger partial charge in [0.2, 0.25) is 0 Å². The Bertz CT molecular complexity index is 149. The molecule has 3 heteroatoms. The summed E-state index contributed by atoms with van der Waals surface area (Å²) in [4.78, 5) is 0. The van der Waals surface area contributed by atoms with E-state index in [1.165, 1.54) is 32.2 Å². The van der Waals surface area contributed by atoms with E-state index in [0.29, 0.717) is 12.1 Å². The molecule has 0 aromatic rings. The first-order chi connectivity index (χ1) is 6.85. The summed E-state index contributed by atoms with van der Waals surface area (Å²) < 4.78 is 0. The van der Waals surface area contributed by atoms with E-state index in [1.807, 2.05) is 25.6 Å². The summed E-state index contributed by atoms with van der Waals surface area (Å²) in [6.07, 6.45) is 5.40. The molecular weight excluding hydrogens is 194 g/mol. The zero-order chi connectivity index (χ0) is 10.4. The van der Waals surface area contributed by atoms with Crippen molar-refractivity contribution in [1.82, 2.24) is 5.32 Å². The van der Waals surface area contributed by atoms with Crippen molar-refractivity contribution in [2.24, 2.45) is 0 Å². The lowest BCUT2D eigenvalue weighted by molar-refractivity contribution is 0.226. The van der Waals surface area contributed by atoms with Crippen LogP contribution < -0.4 is 5.32 Å². The van der Waals surface area contributed by atoms with E-state index in [1.54, 1.807) is 0 Å². The maximum atomic E-state index is 8.66. The van der Waals surface area contributed by atoms with E-state index < -0.39 is 0 Å². The van der Waals surface area contributed by atoms with Crippen molar-refractivity contribution in [3.05, 3.63) is 0 Å². The Kier molecular flexibility index (Phi) is 5.28. The standard InChI is InChI=1S/C9H17NOS.C2H6/c11-4-5-12-8-6-9(7-8)2-1-3-10-9;1-2/h8,10-11H,1-7H2;1-2H3. The van der Waals surface area contributed by atoms with Crippen LogP contribution in [0.15, 0.2) is 0 Å². The molecule has 2 rings (SSSR count). The van der Waals surface area contributed by atoms with E-state index in [4.69, 9.17) is 5.11 Å². The van der Waals surface area contributed by atoms with Crippen LogP contribution in [0.5, 0.6) is 0 Å². The molecule has 14 heavy (non-hydrogen) atoms. The third kappa shape index (κ3) is 2.88. The zero-order valence-electron chi connectivity index (χ0n) is 9.38. The van der Waals surface area contributed by atoms with Gasteiger partial charge in [-0.2, -0.15) is 11.8 Å². The molecule has 2 nitrogen and oxygen atoms in total. The Morgan fingerprint density at radius 3 is 2.64 bits per heavy atom. The molecule has 0 unspecified atom stereocenters. The summed E-state index contributed by atoms with van der Waals surface area (Å²) in [5.74, 6) is 0.917. The van der Waals surface area contributed by atoms with Crippen LogP contribution in [0.1, 0.15) is 39.5 Å². The molecule has 1 spiro atoms. The van der Waals surface area contributed by atoms with Gasteiger partial charge in [-0.15, -0.1) is 0 Å². The maximum absolute atomic E-state index is 8.66. The number of hydrogen-bond acceptors (Lipinski definition) is 3. The molecule has 2 N–H and O–H groups in total. The quantitative estimate of drug-likeness (QED) is 0.758. The minimum Gasteiger partial charge on any atom is -0.396 e. The fraction of sp³-hybridized carbons (Fsp3) is 1.00. The third-order valence-electron chi connectivity index (χ3n) is 3.01. The maximum Gasteiger partial charge on any atom is 0.0521 e. The highest BCUT2D eigenvalue weighted by molar-refractivity contribution is 7.99. The van der Waals surface area contributed by atoms with Crippen LogP contribution in [0.4, 0.5) is 0 Å². The van der Waals surface area contributed by atoms with Crippen molar-refractivity contribution >= 4 is 11.8 Å². The smallest absolute Gasteiger partial charge is 0.0521 e. The van der Waals surface area contributed by atoms with Gasteiger partial charge >= 0.3 is 0 Å². The van der Waals surface area contributed by atoms with Crippen LogP contribution >= 0.6 is 11.8 Å². The molecule has 2 fully saturated rings. The van der Waals surface area contributed by atoms with Crippen molar-refractivity contribution < 1.29 is 5.11 Å². The van der Waals surface area contributed by atoms with Crippen LogP contribution in [0.3, 0.4) is 0 Å². The Balaban J connectivity index is 0.000000461. The van der Waals surface area contributed by atoms with Crippen LogP contribution in [0.2, 0.25) is 0 Å². The van der Waals surface area contributed by atoms with Gasteiger partial charge in [0.15, 0.2) is 0 Å². The Hall–Kier alpha value is 0.270. The van der Waals surface area contributed by atoms with Gasteiger partial charge in [-0.05, 0) is 32.2 Å². The number of thioether (sulfide) groups is 1. The number of nitrogens with one attached hydrogen (secondary N) is 1. The van der Waals surface area contributed by atoms with Gasteiger partial charge < -0.3 is 10.4 Å². The van der Waals surface area contributed by atoms with Crippen LogP contribution in [0.25, 0.3) is 0 Å². The molecule has 84 valence electrons. The van der Waals surface area contributed by atoms with Crippen LogP contribution in [-0.2, 0) is 0 Å². The summed E-state index contributed by atoms with van der Waals surface area (Å²) in [5, 5.41) is 13.1. The molecule has 0 amide bonds. The zero-order valence-corrected chi connectivity index (χ0v) is 10.2. The molecule has 0 aromatic heterocycles. The largest absolute Gasteiger partial charge is 0.396 e. The fourth-order valence-corrected chi connectivity index (χ4v) is 3.68. The molecule has 1 heterocycles. The number of hydrogen-bond donors (Lipinski definition) is 2. The Morgan fingerprint density at radius 2 is 2.14 bits per heavy atom. The lowest BCUT2D eigenvalue weighted by Gasteiger charge is -2.45. The molecule has 1 aliphatic heterocycles. The van der Waals surface area contributed by atoms with Gasteiger partial charge in [0.25, 0.3) is 0 Å². The van der Waals surface area contributed by atoms with E-state index in [9.17, 15) is 0 Å². The van der Waals surface area contributed by atoms with E-state index in [-0.39, 0.29) is 0 Å². The SMILES string of the molecule is CC.OCCSC1CC2(CCCN2)C1. The second kappa shape index (κ2) is 5.99. The second-order valence-electron chi connectivity index (χ2n) is 3.94. The van der Waals surface area contributed by atoms with E-state index in [2.05, 4.69) is 5.32 Å². The summed E-state index contributed by atoms with van der Waals surface area (Å²) in [7, 11) is 0. The number of aliphatic hydroxyl groups excluding tert-OH is 1. The highest BCUT2D eigenvalue weighted by Crippen LogP contribution is 2.44. The molecule has 0 aromatic carbocycles. The normalized spacial score (nSPS) is 34.9. The highest BCUT2D eigenvalue weighted by Gasteiger charge is 2.45. The van der Waals surface area contributed by atoms with E-state index >= 15 is 0 Å². The van der Waals surface area contributed by atoms with Crippen molar-refractivity contribution in [3.63, 3.8) is 0 Å². The van der Waals surface area contributed by atoms with Crippen molar-refractivity contribution in [1.29, 1.82) is 0 Å². The number of aliphatic hydroxyl groups is 1. The van der Waals surface area contributed by atoms with Gasteiger partial charge in [-0.25, -0.2) is 0 Å². The lowest BCUT2D eigenvalue weighted by Crippen LogP contribution is -2.52. The average molecular weight is 217 g/mol. The predicted octanol–water partition coefficient (Wildman–Crippen LogP) is 2.02. The summed E-state index contributed by atoms with van der Waals surface area (Å²) in [5.41, 5.74) is 0.535. The number of rotatable bonds is 3. The van der Waals surface area contributed by atoms with Crippen LogP contribution in [-0.4, -0.2) is 34.8 Å². The van der Waals surface area contributed by atoms with Gasteiger partial charge in [0, 0.05) is 16.5 Å². The molecule has 2 aliphatic rings. The minimum atomic E-state index is 0.335. The molecule has 1 saturated heterocycles. The van der Waals surface area contributed by atoms with Gasteiger partial charge in [-0.1, -0.05) is 13.8 Å². The monoisotopic (exact) mass is 217 g/mol. The van der Waals surface area contributed by atoms with Crippen molar-refractivity contribution in [3.8, 4) is 0 Å². The fourth-order valence-electron chi connectivity index (χ4n) is 2.37. The minimum absolute atomic E-state index is 0.335. The Morgan fingerprint density at radius 1 is 1.43 bits per heavy atom. The first-order valence-corrected chi connectivity index (χ1v) is 6.87. The summed E-state index contributed by atoms with van der Waals surface area (Å²) in [6, 6.07) is 0.